The second-order valence-electron chi connectivity index (χ2n) is 2.66. The quantitative estimate of drug-likeness (QED) is 0.659. The summed E-state index contributed by atoms with van der Waals surface area (Å²) in [6.07, 6.45) is 4.55. The molecule has 0 aliphatic rings. The first-order valence-corrected chi connectivity index (χ1v) is 4.17. The van der Waals surface area contributed by atoms with Crippen molar-refractivity contribution in [2.24, 2.45) is 0 Å². The summed E-state index contributed by atoms with van der Waals surface area (Å²) in [7, 11) is 3.31. The molecule has 1 aromatic carbocycles. The predicted molar refractivity (Wildman–Crippen MR) is 52.8 cm³/mol. The lowest BCUT2D eigenvalue weighted by atomic mass is 10.1. The first kappa shape index (κ1) is 9.65. The molecule has 0 radical (unpaired) electrons. The number of allylic oxidation sites excluding steroid dienone is 1. The maximum Gasteiger partial charge on any atom is 0.118 e. The lowest BCUT2D eigenvalue weighted by Gasteiger charge is -2.00. The van der Waals surface area contributed by atoms with Crippen LogP contribution >= 0.6 is 0 Å². The molecule has 0 aliphatic carbocycles. The summed E-state index contributed by atoms with van der Waals surface area (Å²) in [4.78, 5) is 0. The molecule has 0 unspecified atom stereocenters. The highest BCUT2D eigenvalue weighted by atomic mass is 16.5. The molecule has 0 spiro atoms. The Morgan fingerprint density at radius 2 is 1.85 bits per heavy atom. The molecule has 2 heteroatoms. The molecule has 0 saturated carbocycles. The van der Waals surface area contributed by atoms with E-state index in [2.05, 4.69) is 0 Å². The van der Waals surface area contributed by atoms with Crippen LogP contribution in [-0.4, -0.2) is 14.2 Å². The normalized spacial score (nSPS) is 10.3. The van der Waals surface area contributed by atoms with Crippen molar-refractivity contribution in [1.29, 1.82) is 0 Å². The van der Waals surface area contributed by atoms with Crippen LogP contribution in [0.2, 0.25) is 0 Å². The molecule has 0 saturated heterocycles. The van der Waals surface area contributed by atoms with Crippen molar-refractivity contribution in [1.82, 2.24) is 0 Å². The third-order valence-electron chi connectivity index (χ3n) is 1.74. The van der Waals surface area contributed by atoms with Crippen LogP contribution in [0.4, 0.5) is 0 Å². The van der Waals surface area contributed by atoms with Crippen molar-refractivity contribution >= 4 is 0 Å². The number of methoxy groups -OCH3 is 2. The van der Waals surface area contributed by atoms with Crippen LogP contribution in [0.25, 0.3) is 0 Å². The monoisotopic (exact) mass is 178 g/mol. The SMILES string of the molecule is COC=CCc1ccc(OC)cc1. The van der Waals surface area contributed by atoms with Crippen LogP contribution in [0.5, 0.6) is 5.75 Å². The first-order chi connectivity index (χ1) is 6.36. The van der Waals surface area contributed by atoms with Gasteiger partial charge in [0.1, 0.15) is 5.75 Å². The molecule has 70 valence electrons. The van der Waals surface area contributed by atoms with Gasteiger partial charge in [0.2, 0.25) is 0 Å². The molecule has 0 aliphatic heterocycles. The molecule has 0 heterocycles. The van der Waals surface area contributed by atoms with Crippen LogP contribution in [0.3, 0.4) is 0 Å². The maximum absolute atomic E-state index is 5.05. The summed E-state index contributed by atoms with van der Waals surface area (Å²) in [5.74, 6) is 0.888. The van der Waals surface area contributed by atoms with Gasteiger partial charge in [0.05, 0.1) is 20.5 Å². The van der Waals surface area contributed by atoms with Gasteiger partial charge < -0.3 is 9.47 Å². The second-order valence-corrected chi connectivity index (χ2v) is 2.66. The van der Waals surface area contributed by atoms with Gasteiger partial charge in [-0.3, -0.25) is 0 Å². The Balaban J connectivity index is 2.54. The Morgan fingerprint density at radius 3 is 2.38 bits per heavy atom. The van der Waals surface area contributed by atoms with Gasteiger partial charge in [-0.25, -0.2) is 0 Å². The third-order valence-corrected chi connectivity index (χ3v) is 1.74. The Kier molecular flexibility index (Phi) is 3.89. The van der Waals surface area contributed by atoms with Gasteiger partial charge >= 0.3 is 0 Å². The standard InChI is InChI=1S/C11H14O2/c1-12-9-3-4-10-5-7-11(13-2)8-6-10/h3,5-9H,4H2,1-2H3. The van der Waals surface area contributed by atoms with E-state index in [0.717, 1.165) is 12.2 Å². The first-order valence-electron chi connectivity index (χ1n) is 4.17. The van der Waals surface area contributed by atoms with E-state index in [1.807, 2.05) is 30.3 Å². The number of hydrogen-bond donors (Lipinski definition) is 0. The third kappa shape index (κ3) is 3.20. The van der Waals surface area contributed by atoms with Crippen LogP contribution in [0.1, 0.15) is 5.56 Å². The van der Waals surface area contributed by atoms with E-state index in [0.29, 0.717) is 0 Å². The lowest BCUT2D eigenvalue weighted by molar-refractivity contribution is 0.337. The van der Waals surface area contributed by atoms with Gasteiger partial charge in [0, 0.05) is 0 Å². The summed E-state index contributed by atoms with van der Waals surface area (Å²) in [5.41, 5.74) is 1.24. The predicted octanol–water partition coefficient (Wildman–Crippen LogP) is 2.40. The van der Waals surface area contributed by atoms with Crippen molar-refractivity contribution in [2.75, 3.05) is 14.2 Å². The van der Waals surface area contributed by atoms with Gasteiger partial charge in [-0.15, -0.1) is 0 Å². The minimum atomic E-state index is 0.887. The van der Waals surface area contributed by atoms with E-state index in [9.17, 15) is 0 Å². The van der Waals surface area contributed by atoms with Crippen molar-refractivity contribution in [2.45, 2.75) is 6.42 Å². The fourth-order valence-electron chi connectivity index (χ4n) is 1.04. The highest BCUT2D eigenvalue weighted by Gasteiger charge is 1.91. The minimum absolute atomic E-state index is 0.887. The fraction of sp³-hybridized carbons (Fsp3) is 0.273. The van der Waals surface area contributed by atoms with Gasteiger partial charge in [-0.05, 0) is 30.2 Å². The zero-order valence-electron chi connectivity index (χ0n) is 7.99. The van der Waals surface area contributed by atoms with Crippen LogP contribution in [-0.2, 0) is 11.2 Å². The summed E-state index contributed by atoms with van der Waals surface area (Å²) in [5, 5.41) is 0. The average Bonchev–Trinajstić information content (AvgIpc) is 2.19. The van der Waals surface area contributed by atoms with E-state index in [-0.39, 0.29) is 0 Å². The van der Waals surface area contributed by atoms with Crippen LogP contribution in [0.15, 0.2) is 36.6 Å². The number of hydrogen-bond acceptors (Lipinski definition) is 2. The molecule has 0 N–H and O–H groups in total. The fourth-order valence-corrected chi connectivity index (χ4v) is 1.04. The Bertz CT molecular complexity index is 262. The molecule has 0 amide bonds. The lowest BCUT2D eigenvalue weighted by Crippen LogP contribution is -1.84. The highest BCUT2D eigenvalue weighted by molar-refractivity contribution is 5.28. The molecular weight excluding hydrogens is 164 g/mol. The average molecular weight is 178 g/mol. The molecule has 0 fully saturated rings. The zero-order valence-corrected chi connectivity index (χ0v) is 7.99. The van der Waals surface area contributed by atoms with Crippen molar-refractivity contribution in [3.63, 3.8) is 0 Å². The summed E-state index contributed by atoms with van der Waals surface area (Å²) >= 11 is 0. The van der Waals surface area contributed by atoms with Gasteiger partial charge in [-0.1, -0.05) is 12.1 Å². The van der Waals surface area contributed by atoms with E-state index in [1.54, 1.807) is 20.5 Å². The number of rotatable bonds is 4. The van der Waals surface area contributed by atoms with Gasteiger partial charge in [0.25, 0.3) is 0 Å². The van der Waals surface area contributed by atoms with Gasteiger partial charge in [0.15, 0.2) is 0 Å². The molecular formula is C11H14O2. The Labute approximate surface area is 78.8 Å². The zero-order chi connectivity index (χ0) is 9.52. The molecule has 13 heavy (non-hydrogen) atoms. The van der Waals surface area contributed by atoms with E-state index >= 15 is 0 Å². The number of ether oxygens (including phenoxy) is 2. The number of benzene rings is 1. The van der Waals surface area contributed by atoms with E-state index in [1.165, 1.54) is 5.56 Å². The molecule has 1 rings (SSSR count). The summed E-state index contributed by atoms with van der Waals surface area (Å²) < 4.78 is 9.86. The van der Waals surface area contributed by atoms with E-state index in [4.69, 9.17) is 9.47 Å². The van der Waals surface area contributed by atoms with E-state index < -0.39 is 0 Å². The molecule has 1 aromatic rings. The molecule has 0 atom stereocenters. The van der Waals surface area contributed by atoms with Gasteiger partial charge in [-0.2, -0.15) is 0 Å². The molecule has 0 aromatic heterocycles. The summed E-state index contributed by atoms with van der Waals surface area (Å²) in [6, 6.07) is 7.99. The molecule has 2 nitrogen and oxygen atoms in total. The Hall–Kier alpha value is -1.44. The van der Waals surface area contributed by atoms with Crippen molar-refractivity contribution < 1.29 is 9.47 Å². The Morgan fingerprint density at radius 1 is 1.15 bits per heavy atom. The van der Waals surface area contributed by atoms with Crippen molar-refractivity contribution in [3.8, 4) is 5.75 Å². The smallest absolute Gasteiger partial charge is 0.118 e. The van der Waals surface area contributed by atoms with Crippen LogP contribution < -0.4 is 4.74 Å². The second kappa shape index (κ2) is 5.25. The summed E-state index contributed by atoms with van der Waals surface area (Å²) in [6.45, 7) is 0. The maximum atomic E-state index is 5.05. The van der Waals surface area contributed by atoms with Crippen LogP contribution in [0, 0.1) is 0 Å². The highest BCUT2D eigenvalue weighted by Crippen LogP contribution is 2.11. The topological polar surface area (TPSA) is 18.5 Å². The molecule has 0 bridgehead atoms. The van der Waals surface area contributed by atoms with Crippen molar-refractivity contribution in [3.05, 3.63) is 42.2 Å². The minimum Gasteiger partial charge on any atom is -0.505 e. The largest absolute Gasteiger partial charge is 0.505 e.